The lowest BCUT2D eigenvalue weighted by atomic mass is 10.2. The Morgan fingerprint density at radius 1 is 1.54 bits per heavy atom. The van der Waals surface area contributed by atoms with Crippen molar-refractivity contribution in [2.45, 2.75) is 6.42 Å². The molecule has 13 heavy (non-hydrogen) atoms. The molecule has 4 heteroatoms. The largest absolute Gasteiger partial charge is 0.330 e. The molecule has 0 amide bonds. The van der Waals surface area contributed by atoms with Crippen molar-refractivity contribution in [2.24, 2.45) is 5.73 Å². The highest BCUT2D eigenvalue weighted by Gasteiger charge is 2.06. The van der Waals surface area contributed by atoms with Gasteiger partial charge in [0.1, 0.15) is 0 Å². The summed E-state index contributed by atoms with van der Waals surface area (Å²) in [4.78, 5) is 1.25. The van der Waals surface area contributed by atoms with E-state index in [-0.39, 0.29) is 0 Å². The summed E-state index contributed by atoms with van der Waals surface area (Å²) in [5.41, 5.74) is 7.81. The monoisotopic (exact) mass is 193 g/mol. The average molecular weight is 193 g/mol. The van der Waals surface area contributed by atoms with E-state index in [1.54, 1.807) is 11.3 Å². The number of H-pyrrole nitrogens is 1. The number of aromatic amines is 1. The number of aromatic nitrogens is 2. The summed E-state index contributed by atoms with van der Waals surface area (Å²) in [7, 11) is 0. The second kappa shape index (κ2) is 3.72. The molecule has 2 rings (SSSR count). The zero-order chi connectivity index (χ0) is 9.10. The van der Waals surface area contributed by atoms with Crippen molar-refractivity contribution >= 4 is 11.3 Å². The molecule has 0 aliphatic carbocycles. The molecule has 0 aliphatic rings. The number of thiophene rings is 1. The molecule has 2 aromatic rings. The number of nitrogens with two attached hydrogens (primary N) is 1. The van der Waals surface area contributed by atoms with Gasteiger partial charge in [0, 0.05) is 22.6 Å². The summed E-state index contributed by atoms with van der Waals surface area (Å²) >= 11 is 1.72. The van der Waals surface area contributed by atoms with Crippen LogP contribution in [0.2, 0.25) is 0 Å². The van der Waals surface area contributed by atoms with Crippen LogP contribution in [-0.2, 0) is 6.42 Å². The molecule has 68 valence electrons. The molecular weight excluding hydrogens is 182 g/mol. The fourth-order valence-electron chi connectivity index (χ4n) is 1.29. The van der Waals surface area contributed by atoms with E-state index in [0.29, 0.717) is 6.54 Å². The van der Waals surface area contributed by atoms with Crippen LogP contribution in [0.15, 0.2) is 23.7 Å². The minimum atomic E-state index is 0.653. The van der Waals surface area contributed by atoms with Gasteiger partial charge < -0.3 is 5.73 Å². The Kier molecular flexibility index (Phi) is 2.42. The van der Waals surface area contributed by atoms with E-state index in [1.807, 2.05) is 12.3 Å². The highest BCUT2D eigenvalue weighted by atomic mass is 32.1. The molecule has 2 heterocycles. The third-order valence-electron chi connectivity index (χ3n) is 1.90. The number of nitrogens with one attached hydrogen (secondary N) is 1. The molecule has 0 aromatic carbocycles. The van der Waals surface area contributed by atoms with Crippen molar-refractivity contribution in [1.82, 2.24) is 10.2 Å². The van der Waals surface area contributed by atoms with E-state index in [4.69, 9.17) is 5.73 Å². The Labute approximate surface area is 80.6 Å². The van der Waals surface area contributed by atoms with Gasteiger partial charge in [0.15, 0.2) is 0 Å². The van der Waals surface area contributed by atoms with Crippen LogP contribution in [0.1, 0.15) is 5.69 Å². The van der Waals surface area contributed by atoms with Gasteiger partial charge in [-0.15, -0.1) is 11.3 Å². The zero-order valence-electron chi connectivity index (χ0n) is 7.16. The molecule has 0 fully saturated rings. The van der Waals surface area contributed by atoms with Crippen LogP contribution in [-0.4, -0.2) is 16.7 Å². The predicted molar refractivity (Wildman–Crippen MR) is 54.7 cm³/mol. The summed E-state index contributed by atoms with van der Waals surface area (Å²) in [5, 5.41) is 9.06. The average Bonchev–Trinajstić information content (AvgIpc) is 2.71. The van der Waals surface area contributed by atoms with Crippen LogP contribution in [0.4, 0.5) is 0 Å². The quantitative estimate of drug-likeness (QED) is 0.778. The first kappa shape index (κ1) is 8.47. The lowest BCUT2D eigenvalue weighted by Gasteiger charge is -1.97. The van der Waals surface area contributed by atoms with Gasteiger partial charge in [-0.25, -0.2) is 0 Å². The van der Waals surface area contributed by atoms with Crippen molar-refractivity contribution in [3.05, 3.63) is 29.4 Å². The van der Waals surface area contributed by atoms with Crippen molar-refractivity contribution < 1.29 is 0 Å². The highest BCUT2D eigenvalue weighted by Crippen LogP contribution is 2.26. The normalized spacial score (nSPS) is 10.5. The maximum Gasteiger partial charge on any atom is 0.0576 e. The minimum absolute atomic E-state index is 0.653. The van der Waals surface area contributed by atoms with E-state index in [0.717, 1.165) is 12.1 Å². The Morgan fingerprint density at radius 2 is 2.46 bits per heavy atom. The van der Waals surface area contributed by atoms with Crippen LogP contribution in [0.5, 0.6) is 0 Å². The minimum Gasteiger partial charge on any atom is -0.330 e. The van der Waals surface area contributed by atoms with Crippen molar-refractivity contribution in [3.8, 4) is 10.4 Å². The summed E-state index contributed by atoms with van der Waals surface area (Å²) in [6, 6.07) is 4.13. The van der Waals surface area contributed by atoms with E-state index in [9.17, 15) is 0 Å². The first-order valence-electron chi connectivity index (χ1n) is 4.18. The molecule has 0 aliphatic heterocycles. The van der Waals surface area contributed by atoms with Crippen LogP contribution in [0.25, 0.3) is 10.4 Å². The van der Waals surface area contributed by atoms with Crippen molar-refractivity contribution in [2.75, 3.05) is 6.54 Å². The standard InChI is InChI=1S/C9H11N3S/c10-4-3-8-7(6-11-12-8)9-2-1-5-13-9/h1-2,5-6H,3-4,10H2,(H,11,12). The van der Waals surface area contributed by atoms with E-state index >= 15 is 0 Å². The summed E-state index contributed by atoms with van der Waals surface area (Å²) in [6.45, 7) is 0.653. The third kappa shape index (κ3) is 1.64. The Bertz CT molecular complexity index is 364. The second-order valence-corrected chi connectivity index (χ2v) is 3.73. The predicted octanol–water partition coefficient (Wildman–Crippen LogP) is 1.64. The van der Waals surface area contributed by atoms with Crippen LogP contribution in [0.3, 0.4) is 0 Å². The van der Waals surface area contributed by atoms with Crippen molar-refractivity contribution in [3.63, 3.8) is 0 Å². The van der Waals surface area contributed by atoms with Gasteiger partial charge in [0.05, 0.1) is 6.20 Å². The SMILES string of the molecule is NCCc1[nH]ncc1-c1cccs1. The van der Waals surface area contributed by atoms with Gasteiger partial charge in [-0.05, 0) is 18.0 Å². The summed E-state index contributed by atoms with van der Waals surface area (Å²) < 4.78 is 0. The van der Waals surface area contributed by atoms with E-state index in [2.05, 4.69) is 21.6 Å². The molecule has 0 saturated carbocycles. The lowest BCUT2D eigenvalue weighted by Crippen LogP contribution is -2.03. The zero-order valence-corrected chi connectivity index (χ0v) is 7.97. The smallest absolute Gasteiger partial charge is 0.0576 e. The summed E-state index contributed by atoms with van der Waals surface area (Å²) in [6.07, 6.45) is 2.71. The first-order valence-corrected chi connectivity index (χ1v) is 5.06. The maximum atomic E-state index is 5.50. The van der Waals surface area contributed by atoms with Gasteiger partial charge in [0.2, 0.25) is 0 Å². The fourth-order valence-corrected chi connectivity index (χ4v) is 2.06. The van der Waals surface area contributed by atoms with Gasteiger partial charge in [-0.3, -0.25) is 5.10 Å². The fraction of sp³-hybridized carbons (Fsp3) is 0.222. The first-order chi connectivity index (χ1) is 6.42. The second-order valence-electron chi connectivity index (χ2n) is 2.78. The Balaban J connectivity index is 2.35. The molecule has 0 spiro atoms. The lowest BCUT2D eigenvalue weighted by molar-refractivity contribution is 0.903. The number of nitrogens with zero attached hydrogens (tertiary/aromatic N) is 1. The van der Waals surface area contributed by atoms with E-state index in [1.165, 1.54) is 10.4 Å². The number of hydrogen-bond donors (Lipinski definition) is 2. The van der Waals surface area contributed by atoms with Crippen LogP contribution < -0.4 is 5.73 Å². The van der Waals surface area contributed by atoms with Crippen molar-refractivity contribution in [1.29, 1.82) is 0 Å². The Hall–Kier alpha value is -1.13. The molecular formula is C9H11N3S. The topological polar surface area (TPSA) is 54.7 Å². The van der Waals surface area contributed by atoms with Crippen LogP contribution in [0, 0.1) is 0 Å². The maximum absolute atomic E-state index is 5.50. The molecule has 0 radical (unpaired) electrons. The number of hydrogen-bond acceptors (Lipinski definition) is 3. The van der Waals surface area contributed by atoms with Gasteiger partial charge in [-0.1, -0.05) is 6.07 Å². The molecule has 0 saturated heterocycles. The van der Waals surface area contributed by atoms with E-state index < -0.39 is 0 Å². The molecule has 3 N–H and O–H groups in total. The third-order valence-corrected chi connectivity index (χ3v) is 2.80. The summed E-state index contributed by atoms with van der Waals surface area (Å²) in [5.74, 6) is 0. The Morgan fingerprint density at radius 3 is 3.15 bits per heavy atom. The molecule has 3 nitrogen and oxygen atoms in total. The van der Waals surface area contributed by atoms with Gasteiger partial charge >= 0.3 is 0 Å². The molecule has 0 unspecified atom stereocenters. The molecule has 0 atom stereocenters. The van der Waals surface area contributed by atoms with Gasteiger partial charge in [-0.2, -0.15) is 5.10 Å². The van der Waals surface area contributed by atoms with Crippen LogP contribution >= 0.6 is 11.3 Å². The van der Waals surface area contributed by atoms with Gasteiger partial charge in [0.25, 0.3) is 0 Å². The highest BCUT2D eigenvalue weighted by molar-refractivity contribution is 7.13. The molecule has 2 aromatic heterocycles. The molecule has 0 bridgehead atoms. The number of rotatable bonds is 3.